The lowest BCUT2D eigenvalue weighted by molar-refractivity contribution is 0.215. The van der Waals surface area contributed by atoms with Gasteiger partial charge >= 0.3 is 0 Å². The van der Waals surface area contributed by atoms with Gasteiger partial charge in [-0.2, -0.15) is 0 Å². The number of rotatable bonds is 6. The van der Waals surface area contributed by atoms with Crippen molar-refractivity contribution in [3.8, 4) is 11.8 Å². The highest BCUT2D eigenvalue weighted by Gasteiger charge is 2.23. The zero-order chi connectivity index (χ0) is 22.2. The van der Waals surface area contributed by atoms with Crippen LogP contribution in [-0.2, 0) is 13.1 Å². The average Bonchev–Trinajstić information content (AvgIpc) is 2.83. The Morgan fingerprint density at radius 3 is 2.06 bits per heavy atom. The molecule has 0 N–H and O–H groups in total. The molecule has 4 aromatic rings. The molecule has 0 amide bonds. The van der Waals surface area contributed by atoms with Crippen LogP contribution in [0.2, 0.25) is 0 Å². The van der Waals surface area contributed by atoms with Crippen molar-refractivity contribution in [3.05, 3.63) is 142 Å². The molecular weight excluding hydrogens is 461 g/mol. The lowest BCUT2D eigenvalue weighted by atomic mass is 10.0. The van der Waals surface area contributed by atoms with Crippen molar-refractivity contribution in [2.24, 2.45) is 0 Å². The molecule has 0 fully saturated rings. The minimum atomic E-state index is -0.413. The van der Waals surface area contributed by atoms with Crippen molar-refractivity contribution in [1.82, 2.24) is 4.90 Å². The molecule has 1 atom stereocenters. The van der Waals surface area contributed by atoms with Crippen molar-refractivity contribution in [2.45, 2.75) is 19.1 Å². The van der Waals surface area contributed by atoms with Gasteiger partial charge in [0.2, 0.25) is 0 Å². The largest absolute Gasteiger partial charge is 0.277 e. The maximum absolute atomic E-state index is 15.0. The minimum Gasteiger partial charge on any atom is -0.277 e. The van der Waals surface area contributed by atoms with Gasteiger partial charge in [-0.1, -0.05) is 113 Å². The molecule has 0 aliphatic carbocycles. The lowest BCUT2D eigenvalue weighted by Crippen LogP contribution is -2.28. The third-order valence-corrected chi connectivity index (χ3v) is 6.03. The lowest BCUT2D eigenvalue weighted by Gasteiger charge is -2.29. The molecule has 158 valence electrons. The summed E-state index contributed by atoms with van der Waals surface area (Å²) in [6, 6.07) is 34.7. The molecule has 1 nitrogen and oxygen atoms in total. The second-order valence-electron chi connectivity index (χ2n) is 7.54. The summed E-state index contributed by atoms with van der Waals surface area (Å²) in [5.41, 5.74) is 3.78. The van der Waals surface area contributed by atoms with Gasteiger partial charge < -0.3 is 0 Å². The van der Waals surface area contributed by atoms with E-state index >= 15 is 0 Å². The summed E-state index contributed by atoms with van der Waals surface area (Å²) in [7, 11) is 0. The molecule has 0 aliphatic rings. The molecule has 1 unspecified atom stereocenters. The molecule has 32 heavy (non-hydrogen) atoms. The zero-order valence-corrected chi connectivity index (χ0v) is 19.2. The first-order valence-corrected chi connectivity index (χ1v) is 11.3. The second-order valence-corrected chi connectivity index (χ2v) is 8.40. The van der Waals surface area contributed by atoms with Crippen molar-refractivity contribution in [2.75, 3.05) is 0 Å². The van der Waals surface area contributed by atoms with Crippen LogP contribution in [0.3, 0.4) is 0 Å². The average molecular weight is 484 g/mol. The molecule has 0 heterocycles. The van der Waals surface area contributed by atoms with Crippen LogP contribution < -0.4 is 0 Å². The maximum atomic E-state index is 15.0. The fourth-order valence-electron chi connectivity index (χ4n) is 3.64. The highest BCUT2D eigenvalue weighted by Crippen LogP contribution is 2.29. The number of hydrogen-bond donors (Lipinski definition) is 0. The van der Waals surface area contributed by atoms with E-state index in [0.29, 0.717) is 18.7 Å². The van der Waals surface area contributed by atoms with E-state index in [-0.39, 0.29) is 5.82 Å². The van der Waals surface area contributed by atoms with E-state index in [4.69, 9.17) is 0 Å². The first kappa shape index (κ1) is 22.0. The molecule has 3 heteroatoms. The second kappa shape index (κ2) is 10.9. The van der Waals surface area contributed by atoms with E-state index in [1.165, 1.54) is 6.07 Å². The van der Waals surface area contributed by atoms with Crippen LogP contribution >= 0.6 is 15.9 Å². The molecule has 0 bridgehead atoms. The summed E-state index contributed by atoms with van der Waals surface area (Å²) in [6.45, 7) is 1.27. The fraction of sp³-hybridized carbons (Fsp3) is 0.103. The zero-order valence-electron chi connectivity index (χ0n) is 17.6. The van der Waals surface area contributed by atoms with Crippen LogP contribution in [0.5, 0.6) is 0 Å². The summed E-state index contributed by atoms with van der Waals surface area (Å²) in [4.78, 5) is 2.23. The highest BCUT2D eigenvalue weighted by molar-refractivity contribution is 9.10. The first-order chi connectivity index (χ1) is 15.7. The summed E-state index contributed by atoms with van der Waals surface area (Å²) in [5, 5.41) is 0. The fourth-order valence-corrected chi connectivity index (χ4v) is 4.05. The SMILES string of the molecule is Fc1ccccc1C(C#Cc1ccccc1)N(Cc1ccccc1)Cc1ccccc1Br. The molecule has 0 aromatic heterocycles. The number of benzene rings is 4. The predicted octanol–water partition coefficient (Wildman–Crippen LogP) is 7.38. The van der Waals surface area contributed by atoms with Crippen molar-refractivity contribution >= 4 is 15.9 Å². The quantitative estimate of drug-likeness (QED) is 0.258. The van der Waals surface area contributed by atoms with Gasteiger partial charge in [0.25, 0.3) is 0 Å². The molecule has 4 rings (SSSR count). The normalized spacial score (nSPS) is 11.6. The minimum absolute atomic E-state index is 0.245. The number of nitrogens with zero attached hydrogens (tertiary/aromatic N) is 1. The van der Waals surface area contributed by atoms with Crippen LogP contribution in [0.15, 0.2) is 114 Å². The summed E-state index contributed by atoms with van der Waals surface area (Å²) < 4.78 is 16.0. The highest BCUT2D eigenvalue weighted by atomic mass is 79.9. The Bertz CT molecular complexity index is 1210. The Labute approximate surface area is 197 Å². The van der Waals surface area contributed by atoms with Crippen LogP contribution in [0.25, 0.3) is 0 Å². The summed E-state index contributed by atoms with van der Waals surface area (Å²) >= 11 is 3.67. The van der Waals surface area contributed by atoms with Gasteiger partial charge in [0.15, 0.2) is 0 Å². The monoisotopic (exact) mass is 483 g/mol. The number of hydrogen-bond acceptors (Lipinski definition) is 1. The van der Waals surface area contributed by atoms with Gasteiger partial charge in [-0.05, 0) is 35.4 Å². The third-order valence-electron chi connectivity index (χ3n) is 5.25. The van der Waals surface area contributed by atoms with Crippen LogP contribution in [0.1, 0.15) is 28.3 Å². The van der Waals surface area contributed by atoms with E-state index in [2.05, 4.69) is 50.9 Å². The van der Waals surface area contributed by atoms with Gasteiger partial charge in [0.05, 0.1) is 0 Å². The maximum Gasteiger partial charge on any atom is 0.128 e. The summed E-state index contributed by atoms with van der Waals surface area (Å²) in [5.74, 6) is 6.40. The topological polar surface area (TPSA) is 3.24 Å². The van der Waals surface area contributed by atoms with Crippen LogP contribution in [0.4, 0.5) is 4.39 Å². The van der Waals surface area contributed by atoms with Crippen molar-refractivity contribution in [3.63, 3.8) is 0 Å². The van der Waals surface area contributed by atoms with Crippen LogP contribution in [-0.4, -0.2) is 4.90 Å². The molecule has 0 radical (unpaired) electrons. The van der Waals surface area contributed by atoms with E-state index in [1.807, 2.05) is 78.9 Å². The van der Waals surface area contributed by atoms with Crippen molar-refractivity contribution < 1.29 is 4.39 Å². The Morgan fingerprint density at radius 2 is 1.34 bits per heavy atom. The van der Waals surface area contributed by atoms with Crippen LogP contribution in [0, 0.1) is 17.7 Å². The first-order valence-electron chi connectivity index (χ1n) is 10.5. The smallest absolute Gasteiger partial charge is 0.128 e. The predicted molar refractivity (Wildman–Crippen MR) is 132 cm³/mol. The summed E-state index contributed by atoms with van der Waals surface area (Å²) in [6.07, 6.45) is 0. The van der Waals surface area contributed by atoms with Crippen molar-refractivity contribution in [1.29, 1.82) is 0 Å². The van der Waals surface area contributed by atoms with Gasteiger partial charge in [-0.3, -0.25) is 4.90 Å². The third kappa shape index (κ3) is 5.73. The molecule has 0 saturated carbocycles. The van der Waals surface area contributed by atoms with E-state index in [1.54, 1.807) is 6.07 Å². The van der Waals surface area contributed by atoms with Gasteiger partial charge in [-0.25, -0.2) is 4.39 Å². The molecule has 0 saturated heterocycles. The number of halogens is 2. The Kier molecular flexibility index (Phi) is 7.51. The van der Waals surface area contributed by atoms with Gasteiger partial charge in [-0.15, -0.1) is 0 Å². The van der Waals surface area contributed by atoms with Gasteiger partial charge in [0, 0.05) is 28.7 Å². The van der Waals surface area contributed by atoms with E-state index < -0.39 is 6.04 Å². The van der Waals surface area contributed by atoms with E-state index in [9.17, 15) is 4.39 Å². The molecular formula is C29H23BrFN. The Hall–Kier alpha value is -3.19. The molecule has 0 aliphatic heterocycles. The molecule has 4 aromatic carbocycles. The standard InChI is InChI=1S/C29H23BrFN/c30-27-17-9-7-15-25(27)22-32(21-24-13-5-2-6-14-24)29(26-16-8-10-18-28(26)31)20-19-23-11-3-1-4-12-23/h1-18,29H,21-22H2. The van der Waals surface area contributed by atoms with Gasteiger partial charge in [0.1, 0.15) is 11.9 Å². The molecule has 0 spiro atoms. The van der Waals surface area contributed by atoms with E-state index in [0.717, 1.165) is 21.2 Å². The Balaban J connectivity index is 1.78. The Morgan fingerprint density at radius 1 is 0.719 bits per heavy atom.